The lowest BCUT2D eigenvalue weighted by molar-refractivity contribution is 0.449. The number of furan rings is 1. The molecule has 0 aromatic carbocycles. The van der Waals surface area contributed by atoms with Crippen molar-refractivity contribution < 1.29 is 8.81 Å². The molecule has 0 spiro atoms. The summed E-state index contributed by atoms with van der Waals surface area (Å²) in [5, 5.41) is 3.31. The molecule has 4 heteroatoms. The fraction of sp³-hybridized carbons (Fsp3) is 0.308. The maximum absolute atomic E-state index is 12.8. The van der Waals surface area contributed by atoms with E-state index in [1.165, 1.54) is 12.3 Å². The molecule has 2 aromatic heterocycles. The van der Waals surface area contributed by atoms with Crippen molar-refractivity contribution in [3.63, 3.8) is 0 Å². The molecule has 17 heavy (non-hydrogen) atoms. The predicted molar refractivity (Wildman–Crippen MR) is 63.0 cm³/mol. The number of nitrogens with zero attached hydrogens (tertiary/aromatic N) is 1. The van der Waals surface area contributed by atoms with Crippen LogP contribution in [0.15, 0.2) is 41.1 Å². The second kappa shape index (κ2) is 5.59. The average Bonchev–Trinajstić information content (AvgIpc) is 2.82. The molecule has 1 N–H and O–H groups in total. The summed E-state index contributed by atoms with van der Waals surface area (Å²) in [6.07, 6.45) is 3.59. The number of aromatic nitrogens is 1. The van der Waals surface area contributed by atoms with Crippen LogP contribution in [0.25, 0.3) is 0 Å². The van der Waals surface area contributed by atoms with Gasteiger partial charge in [-0.3, -0.25) is 4.98 Å². The van der Waals surface area contributed by atoms with Crippen LogP contribution in [-0.2, 0) is 6.42 Å². The molecule has 1 unspecified atom stereocenters. The molecule has 0 saturated carbocycles. The van der Waals surface area contributed by atoms with Crippen molar-refractivity contribution in [2.45, 2.75) is 19.4 Å². The third-order valence-electron chi connectivity index (χ3n) is 2.54. The number of hydrogen-bond donors (Lipinski definition) is 1. The third-order valence-corrected chi connectivity index (χ3v) is 2.54. The Hall–Kier alpha value is -1.68. The summed E-state index contributed by atoms with van der Waals surface area (Å²) >= 11 is 0. The minimum atomic E-state index is -0.318. The van der Waals surface area contributed by atoms with Gasteiger partial charge in [0, 0.05) is 6.42 Å². The molecule has 0 aliphatic carbocycles. The van der Waals surface area contributed by atoms with Gasteiger partial charge in [0.25, 0.3) is 0 Å². The van der Waals surface area contributed by atoms with Crippen LogP contribution in [0.5, 0.6) is 0 Å². The van der Waals surface area contributed by atoms with Crippen molar-refractivity contribution in [1.82, 2.24) is 10.3 Å². The molecule has 0 aliphatic heterocycles. The Morgan fingerprint density at radius 2 is 2.29 bits per heavy atom. The summed E-state index contributed by atoms with van der Waals surface area (Å²) in [5.41, 5.74) is 0.824. The maximum Gasteiger partial charge on any atom is 0.141 e. The van der Waals surface area contributed by atoms with Crippen LogP contribution in [-0.4, -0.2) is 11.5 Å². The Morgan fingerprint density at radius 3 is 2.88 bits per heavy atom. The molecular formula is C13H15FN2O. The average molecular weight is 234 g/mol. The molecule has 0 aliphatic rings. The predicted octanol–water partition coefficient (Wildman–Crippen LogP) is 2.71. The van der Waals surface area contributed by atoms with E-state index in [1.54, 1.807) is 12.3 Å². The maximum atomic E-state index is 12.8. The molecule has 0 fully saturated rings. The van der Waals surface area contributed by atoms with E-state index < -0.39 is 0 Å². The third kappa shape index (κ3) is 3.14. The van der Waals surface area contributed by atoms with Crippen molar-refractivity contribution in [3.8, 4) is 0 Å². The van der Waals surface area contributed by atoms with E-state index in [9.17, 15) is 4.39 Å². The van der Waals surface area contributed by atoms with Gasteiger partial charge in [-0.05, 0) is 30.8 Å². The van der Waals surface area contributed by atoms with E-state index in [0.29, 0.717) is 6.42 Å². The summed E-state index contributed by atoms with van der Waals surface area (Å²) in [6.45, 7) is 2.85. The molecule has 0 saturated heterocycles. The first-order valence-corrected chi connectivity index (χ1v) is 5.67. The molecule has 1 atom stereocenters. The van der Waals surface area contributed by atoms with Crippen LogP contribution in [0, 0.1) is 5.82 Å². The highest BCUT2D eigenvalue weighted by Crippen LogP contribution is 2.17. The van der Waals surface area contributed by atoms with Crippen molar-refractivity contribution >= 4 is 0 Å². The fourth-order valence-corrected chi connectivity index (χ4v) is 1.75. The minimum Gasteiger partial charge on any atom is -0.469 e. The standard InChI is InChI=1S/C13H15FN2O/c1-2-15-13(8-11-4-3-7-17-11)12-6-5-10(14)9-16-12/h3-7,9,13,15H,2,8H2,1H3. The summed E-state index contributed by atoms with van der Waals surface area (Å²) in [6, 6.07) is 6.96. The van der Waals surface area contributed by atoms with Crippen molar-refractivity contribution in [1.29, 1.82) is 0 Å². The number of pyridine rings is 1. The molecule has 0 bridgehead atoms. The number of halogens is 1. The smallest absolute Gasteiger partial charge is 0.141 e. The van der Waals surface area contributed by atoms with Gasteiger partial charge in [0.05, 0.1) is 24.2 Å². The highest BCUT2D eigenvalue weighted by atomic mass is 19.1. The summed E-state index contributed by atoms with van der Waals surface area (Å²) < 4.78 is 18.1. The molecular weight excluding hydrogens is 219 g/mol. The number of rotatable bonds is 5. The van der Waals surface area contributed by atoms with Gasteiger partial charge in [-0.25, -0.2) is 4.39 Å². The zero-order valence-electron chi connectivity index (χ0n) is 9.69. The van der Waals surface area contributed by atoms with Gasteiger partial charge < -0.3 is 9.73 Å². The SMILES string of the molecule is CCNC(Cc1ccco1)c1ccc(F)cn1. The van der Waals surface area contributed by atoms with E-state index >= 15 is 0 Å². The normalized spacial score (nSPS) is 12.6. The second-order valence-electron chi connectivity index (χ2n) is 3.80. The summed E-state index contributed by atoms with van der Waals surface area (Å²) in [5.74, 6) is 0.573. The first-order valence-electron chi connectivity index (χ1n) is 5.67. The van der Waals surface area contributed by atoms with E-state index in [4.69, 9.17) is 4.42 Å². The van der Waals surface area contributed by atoms with Crippen LogP contribution >= 0.6 is 0 Å². The first kappa shape index (κ1) is 11.8. The zero-order valence-corrected chi connectivity index (χ0v) is 9.69. The highest BCUT2D eigenvalue weighted by Gasteiger charge is 2.13. The number of hydrogen-bond acceptors (Lipinski definition) is 3. The van der Waals surface area contributed by atoms with Gasteiger partial charge in [0.2, 0.25) is 0 Å². The molecule has 3 nitrogen and oxygen atoms in total. The van der Waals surface area contributed by atoms with Crippen LogP contribution in [0.1, 0.15) is 24.4 Å². The first-order chi connectivity index (χ1) is 8.29. The van der Waals surface area contributed by atoms with Crippen molar-refractivity contribution in [2.24, 2.45) is 0 Å². The van der Waals surface area contributed by atoms with Crippen LogP contribution in [0.3, 0.4) is 0 Å². The fourth-order valence-electron chi connectivity index (χ4n) is 1.75. The molecule has 2 aromatic rings. The van der Waals surface area contributed by atoms with E-state index in [-0.39, 0.29) is 11.9 Å². The molecule has 2 rings (SSSR count). The van der Waals surface area contributed by atoms with Gasteiger partial charge in [-0.1, -0.05) is 6.92 Å². The Morgan fingerprint density at radius 1 is 1.41 bits per heavy atom. The van der Waals surface area contributed by atoms with Gasteiger partial charge in [-0.15, -0.1) is 0 Å². The Kier molecular flexibility index (Phi) is 3.88. The number of likely N-dealkylation sites (N-methyl/N-ethyl adjacent to an activating group) is 1. The lowest BCUT2D eigenvalue weighted by Gasteiger charge is -2.15. The van der Waals surface area contributed by atoms with E-state index in [0.717, 1.165) is 18.0 Å². The van der Waals surface area contributed by atoms with E-state index in [2.05, 4.69) is 10.3 Å². The molecule has 90 valence electrons. The van der Waals surface area contributed by atoms with Gasteiger partial charge in [-0.2, -0.15) is 0 Å². The Bertz CT molecular complexity index is 439. The van der Waals surface area contributed by atoms with E-state index in [1.807, 2.05) is 19.1 Å². The lowest BCUT2D eigenvalue weighted by Crippen LogP contribution is -2.23. The quantitative estimate of drug-likeness (QED) is 0.864. The van der Waals surface area contributed by atoms with Crippen LogP contribution in [0.2, 0.25) is 0 Å². The van der Waals surface area contributed by atoms with Crippen LogP contribution in [0.4, 0.5) is 4.39 Å². The molecule has 2 heterocycles. The Balaban J connectivity index is 2.13. The monoisotopic (exact) mass is 234 g/mol. The van der Waals surface area contributed by atoms with Crippen LogP contribution < -0.4 is 5.32 Å². The minimum absolute atomic E-state index is 0.0479. The molecule has 0 amide bonds. The number of nitrogens with one attached hydrogen (secondary N) is 1. The van der Waals surface area contributed by atoms with Gasteiger partial charge >= 0.3 is 0 Å². The molecule has 0 radical (unpaired) electrons. The zero-order chi connectivity index (χ0) is 12.1. The largest absolute Gasteiger partial charge is 0.469 e. The van der Waals surface area contributed by atoms with Crippen molar-refractivity contribution in [2.75, 3.05) is 6.54 Å². The topological polar surface area (TPSA) is 38.1 Å². The Labute approximate surface area is 99.7 Å². The van der Waals surface area contributed by atoms with Crippen molar-refractivity contribution in [3.05, 3.63) is 54.0 Å². The summed E-state index contributed by atoms with van der Waals surface area (Å²) in [7, 11) is 0. The highest BCUT2D eigenvalue weighted by molar-refractivity contribution is 5.13. The lowest BCUT2D eigenvalue weighted by atomic mass is 10.1. The second-order valence-corrected chi connectivity index (χ2v) is 3.80. The van der Waals surface area contributed by atoms with Gasteiger partial charge in [0.15, 0.2) is 0 Å². The summed E-state index contributed by atoms with van der Waals surface area (Å²) in [4.78, 5) is 4.10. The van der Waals surface area contributed by atoms with Gasteiger partial charge in [0.1, 0.15) is 11.6 Å².